The van der Waals surface area contributed by atoms with E-state index in [9.17, 15) is 4.79 Å². The van der Waals surface area contributed by atoms with E-state index in [1.165, 1.54) is 0 Å². The maximum Gasteiger partial charge on any atom is 0.143 e. The molecule has 0 aromatic heterocycles. The summed E-state index contributed by atoms with van der Waals surface area (Å²) in [6, 6.07) is 0. The third-order valence-electron chi connectivity index (χ3n) is 1.23. The first-order valence-corrected chi connectivity index (χ1v) is 3.03. The van der Waals surface area contributed by atoms with Crippen LogP contribution in [0, 0.1) is 0 Å². The van der Waals surface area contributed by atoms with E-state index in [1.54, 1.807) is 13.0 Å². The fraction of sp³-hybridized carbons (Fsp3) is 0.571. The molecule has 52 valence electrons. The van der Waals surface area contributed by atoms with Crippen LogP contribution in [0.1, 0.15) is 13.8 Å². The van der Waals surface area contributed by atoms with Gasteiger partial charge in [-0.1, -0.05) is 13.0 Å². The number of nitrogens with one attached hydrogen (secondary N) is 1. The molecule has 0 spiro atoms. The van der Waals surface area contributed by atoms with Crippen molar-refractivity contribution in [3.8, 4) is 0 Å². The van der Waals surface area contributed by atoms with Crippen molar-refractivity contribution in [2.45, 2.75) is 19.4 Å². The van der Waals surface area contributed by atoms with E-state index in [2.05, 4.69) is 11.9 Å². The fourth-order valence-electron chi connectivity index (χ4n) is 0.543. The Labute approximate surface area is 56.0 Å². The Kier molecular flexibility index (Phi) is 3.17. The smallest absolute Gasteiger partial charge is 0.143 e. The predicted octanol–water partition coefficient (Wildman–Crippen LogP) is 0.740. The maximum atomic E-state index is 10.3. The van der Waals surface area contributed by atoms with Crippen LogP contribution in [-0.2, 0) is 4.79 Å². The second-order valence-corrected chi connectivity index (χ2v) is 2.13. The van der Waals surface area contributed by atoms with Crippen LogP contribution in [-0.4, -0.2) is 18.4 Å². The zero-order valence-corrected chi connectivity index (χ0v) is 5.98. The van der Waals surface area contributed by atoms with Crippen molar-refractivity contribution in [2.75, 3.05) is 6.54 Å². The monoisotopic (exact) mass is 127 g/mol. The number of carbonyl (C=O) groups is 1. The average molecular weight is 127 g/mol. The van der Waals surface area contributed by atoms with E-state index in [1.807, 2.05) is 6.92 Å². The van der Waals surface area contributed by atoms with Gasteiger partial charge in [0.1, 0.15) is 6.29 Å². The van der Waals surface area contributed by atoms with E-state index < -0.39 is 5.54 Å². The molecule has 0 aliphatic rings. The Balaban J connectivity index is 3.91. The van der Waals surface area contributed by atoms with Gasteiger partial charge in [0.25, 0.3) is 0 Å². The first-order valence-electron chi connectivity index (χ1n) is 3.03. The molecule has 1 unspecified atom stereocenters. The summed E-state index contributed by atoms with van der Waals surface area (Å²) in [5.74, 6) is 0. The first-order chi connectivity index (χ1) is 4.18. The molecule has 0 aliphatic carbocycles. The zero-order chi connectivity index (χ0) is 7.33. The predicted molar refractivity (Wildman–Crippen MR) is 38.3 cm³/mol. The number of likely N-dealkylation sites (N-methyl/N-ethyl adjacent to an activating group) is 1. The standard InChI is InChI=1S/C7H13NO/c1-4-7(3,6-9)8-5-2/h4,6,8H,1,5H2,2-3H3. The summed E-state index contributed by atoms with van der Waals surface area (Å²) in [6.07, 6.45) is 2.45. The Hall–Kier alpha value is -0.630. The third kappa shape index (κ3) is 2.42. The first kappa shape index (κ1) is 8.37. The molecule has 0 aromatic rings. The minimum absolute atomic E-state index is 0.533. The molecule has 0 amide bonds. The molecule has 0 heterocycles. The van der Waals surface area contributed by atoms with Crippen LogP contribution in [0.2, 0.25) is 0 Å². The lowest BCUT2D eigenvalue weighted by Gasteiger charge is -2.18. The van der Waals surface area contributed by atoms with Crippen molar-refractivity contribution in [1.82, 2.24) is 5.32 Å². The van der Waals surface area contributed by atoms with Crippen LogP contribution in [0.3, 0.4) is 0 Å². The van der Waals surface area contributed by atoms with Gasteiger partial charge in [0.2, 0.25) is 0 Å². The summed E-state index contributed by atoms with van der Waals surface area (Å²) >= 11 is 0. The van der Waals surface area contributed by atoms with Gasteiger partial charge in [-0.05, 0) is 13.5 Å². The average Bonchev–Trinajstić information content (AvgIpc) is 1.89. The fourth-order valence-corrected chi connectivity index (χ4v) is 0.543. The van der Waals surface area contributed by atoms with Crippen LogP contribution in [0.15, 0.2) is 12.7 Å². The van der Waals surface area contributed by atoms with Crippen LogP contribution in [0.5, 0.6) is 0 Å². The summed E-state index contributed by atoms with van der Waals surface area (Å²) in [5.41, 5.74) is -0.533. The number of hydrogen-bond acceptors (Lipinski definition) is 2. The van der Waals surface area contributed by atoms with Gasteiger partial charge in [0, 0.05) is 0 Å². The maximum absolute atomic E-state index is 10.3. The molecule has 0 radical (unpaired) electrons. The Morgan fingerprint density at radius 2 is 2.33 bits per heavy atom. The lowest BCUT2D eigenvalue weighted by atomic mass is 10.1. The zero-order valence-electron chi connectivity index (χ0n) is 5.98. The number of carbonyl (C=O) groups excluding carboxylic acids is 1. The molecule has 0 fully saturated rings. The molecule has 1 atom stereocenters. The summed E-state index contributed by atoms with van der Waals surface area (Å²) in [7, 11) is 0. The van der Waals surface area contributed by atoms with Crippen molar-refractivity contribution in [2.24, 2.45) is 0 Å². The van der Waals surface area contributed by atoms with E-state index in [4.69, 9.17) is 0 Å². The van der Waals surface area contributed by atoms with Crippen molar-refractivity contribution in [1.29, 1.82) is 0 Å². The molecule has 2 heteroatoms. The molecule has 0 bridgehead atoms. The highest BCUT2D eigenvalue weighted by atomic mass is 16.1. The quantitative estimate of drug-likeness (QED) is 0.446. The van der Waals surface area contributed by atoms with E-state index >= 15 is 0 Å². The summed E-state index contributed by atoms with van der Waals surface area (Å²) in [6.45, 7) is 8.05. The molecule has 2 nitrogen and oxygen atoms in total. The van der Waals surface area contributed by atoms with Gasteiger partial charge in [0.15, 0.2) is 0 Å². The van der Waals surface area contributed by atoms with Crippen molar-refractivity contribution in [3.05, 3.63) is 12.7 Å². The number of hydrogen-bond donors (Lipinski definition) is 1. The lowest BCUT2D eigenvalue weighted by Crippen LogP contribution is -2.41. The van der Waals surface area contributed by atoms with E-state index in [0.717, 1.165) is 12.8 Å². The minimum atomic E-state index is -0.533. The number of aldehydes is 1. The minimum Gasteiger partial charge on any atom is -0.303 e. The molecule has 0 rings (SSSR count). The molecule has 9 heavy (non-hydrogen) atoms. The van der Waals surface area contributed by atoms with Gasteiger partial charge in [-0.25, -0.2) is 0 Å². The van der Waals surface area contributed by atoms with Gasteiger partial charge < -0.3 is 10.1 Å². The summed E-state index contributed by atoms with van der Waals surface area (Å²) < 4.78 is 0. The van der Waals surface area contributed by atoms with Crippen LogP contribution in [0.25, 0.3) is 0 Å². The van der Waals surface area contributed by atoms with Crippen LogP contribution in [0.4, 0.5) is 0 Å². The summed E-state index contributed by atoms with van der Waals surface area (Å²) in [4.78, 5) is 10.3. The second kappa shape index (κ2) is 3.41. The van der Waals surface area contributed by atoms with Gasteiger partial charge in [-0.15, -0.1) is 6.58 Å². The normalized spacial score (nSPS) is 16.2. The lowest BCUT2D eigenvalue weighted by molar-refractivity contribution is -0.111. The van der Waals surface area contributed by atoms with Gasteiger partial charge >= 0.3 is 0 Å². The Morgan fingerprint density at radius 3 is 2.44 bits per heavy atom. The molecule has 0 saturated heterocycles. The molecular formula is C7H13NO. The van der Waals surface area contributed by atoms with Crippen molar-refractivity contribution >= 4 is 6.29 Å². The summed E-state index contributed by atoms with van der Waals surface area (Å²) in [5, 5.41) is 2.97. The van der Waals surface area contributed by atoms with Crippen molar-refractivity contribution < 1.29 is 4.79 Å². The highest BCUT2D eigenvalue weighted by Crippen LogP contribution is 1.98. The highest BCUT2D eigenvalue weighted by molar-refractivity contribution is 5.66. The van der Waals surface area contributed by atoms with Gasteiger partial charge in [0.05, 0.1) is 5.54 Å². The number of rotatable bonds is 4. The van der Waals surface area contributed by atoms with E-state index in [0.29, 0.717) is 0 Å². The van der Waals surface area contributed by atoms with Crippen molar-refractivity contribution in [3.63, 3.8) is 0 Å². The highest BCUT2D eigenvalue weighted by Gasteiger charge is 2.15. The molecule has 0 aliphatic heterocycles. The largest absolute Gasteiger partial charge is 0.303 e. The van der Waals surface area contributed by atoms with Gasteiger partial charge in [-0.3, -0.25) is 0 Å². The third-order valence-corrected chi connectivity index (χ3v) is 1.23. The van der Waals surface area contributed by atoms with E-state index in [-0.39, 0.29) is 0 Å². The Morgan fingerprint density at radius 1 is 1.78 bits per heavy atom. The second-order valence-electron chi connectivity index (χ2n) is 2.13. The molecule has 0 aromatic carbocycles. The molecular weight excluding hydrogens is 114 g/mol. The molecule has 0 saturated carbocycles. The molecule has 1 N–H and O–H groups in total. The van der Waals surface area contributed by atoms with Gasteiger partial charge in [-0.2, -0.15) is 0 Å². The topological polar surface area (TPSA) is 29.1 Å². The van der Waals surface area contributed by atoms with Crippen LogP contribution >= 0.6 is 0 Å². The Bertz CT molecular complexity index is 101. The SMILES string of the molecule is C=CC(C)(C=O)NCC. The van der Waals surface area contributed by atoms with Crippen LogP contribution < -0.4 is 5.32 Å².